The number of hydrogen-bond acceptors (Lipinski definition) is 3. The lowest BCUT2D eigenvalue weighted by molar-refractivity contribution is 0.0699. The van der Waals surface area contributed by atoms with Crippen LogP contribution in [0.2, 0.25) is 0 Å². The minimum absolute atomic E-state index is 0.242. The van der Waals surface area contributed by atoms with Crippen LogP contribution in [-0.4, -0.2) is 21.0 Å². The van der Waals surface area contributed by atoms with Crippen molar-refractivity contribution in [3.05, 3.63) is 60.4 Å². The number of hydrogen-bond donors (Lipinski definition) is 1. The lowest BCUT2D eigenvalue weighted by Crippen LogP contribution is -2.00. The van der Waals surface area contributed by atoms with Crippen LogP contribution in [0.5, 0.6) is 0 Å². The summed E-state index contributed by atoms with van der Waals surface area (Å²) in [4.78, 5) is 19.8. The standard InChI is InChI=1S/C15H10N2O2/c18-15(19)12-8-13(10-4-2-1-3-5-10)17-14-9-16-7-6-11(12)14/h1-9H,(H,18,19). The Labute approximate surface area is 109 Å². The zero-order valence-corrected chi connectivity index (χ0v) is 9.95. The van der Waals surface area contributed by atoms with Crippen molar-refractivity contribution in [3.63, 3.8) is 0 Å². The van der Waals surface area contributed by atoms with Crippen LogP contribution < -0.4 is 0 Å². The molecule has 0 unspecified atom stereocenters. The van der Waals surface area contributed by atoms with Gasteiger partial charge in [0.1, 0.15) is 0 Å². The number of rotatable bonds is 2. The molecule has 1 N–H and O–H groups in total. The average molecular weight is 250 g/mol. The first-order valence-electron chi connectivity index (χ1n) is 5.79. The van der Waals surface area contributed by atoms with Gasteiger partial charge in [-0.1, -0.05) is 30.3 Å². The van der Waals surface area contributed by atoms with E-state index < -0.39 is 5.97 Å². The number of aromatic nitrogens is 2. The third-order valence-corrected chi connectivity index (χ3v) is 2.91. The molecule has 0 saturated carbocycles. The molecule has 0 atom stereocenters. The summed E-state index contributed by atoms with van der Waals surface area (Å²) in [5.74, 6) is -0.962. The molecule has 2 aromatic heterocycles. The second-order valence-corrected chi connectivity index (χ2v) is 4.12. The molecule has 0 radical (unpaired) electrons. The Kier molecular flexibility index (Phi) is 2.68. The summed E-state index contributed by atoms with van der Waals surface area (Å²) in [5, 5.41) is 9.91. The quantitative estimate of drug-likeness (QED) is 0.759. The molecule has 4 nitrogen and oxygen atoms in total. The fourth-order valence-corrected chi connectivity index (χ4v) is 2.01. The van der Waals surface area contributed by atoms with Crippen molar-refractivity contribution in [1.29, 1.82) is 0 Å². The molecule has 2 heterocycles. The number of carboxylic acids is 1. The largest absolute Gasteiger partial charge is 0.478 e. The van der Waals surface area contributed by atoms with Gasteiger partial charge in [-0.15, -0.1) is 0 Å². The Hall–Kier alpha value is -2.75. The third kappa shape index (κ3) is 2.04. The summed E-state index contributed by atoms with van der Waals surface area (Å²) < 4.78 is 0. The lowest BCUT2D eigenvalue weighted by Gasteiger charge is -2.06. The van der Waals surface area contributed by atoms with Crippen molar-refractivity contribution in [2.24, 2.45) is 0 Å². The molecule has 92 valence electrons. The van der Waals surface area contributed by atoms with Crippen LogP contribution in [0.3, 0.4) is 0 Å². The first kappa shape index (κ1) is 11.3. The van der Waals surface area contributed by atoms with Crippen molar-refractivity contribution >= 4 is 16.9 Å². The zero-order chi connectivity index (χ0) is 13.2. The maximum Gasteiger partial charge on any atom is 0.336 e. The predicted molar refractivity (Wildman–Crippen MR) is 71.9 cm³/mol. The zero-order valence-electron chi connectivity index (χ0n) is 9.95. The van der Waals surface area contributed by atoms with Gasteiger partial charge >= 0.3 is 5.97 Å². The Morgan fingerprint density at radius 2 is 1.89 bits per heavy atom. The van der Waals surface area contributed by atoms with E-state index in [1.165, 1.54) is 0 Å². The van der Waals surface area contributed by atoms with E-state index in [1.807, 2.05) is 30.3 Å². The van der Waals surface area contributed by atoms with Gasteiger partial charge in [-0.2, -0.15) is 0 Å². The van der Waals surface area contributed by atoms with Gasteiger partial charge in [0, 0.05) is 17.1 Å². The van der Waals surface area contributed by atoms with Gasteiger partial charge in [-0.05, 0) is 12.1 Å². The van der Waals surface area contributed by atoms with Gasteiger partial charge in [-0.25, -0.2) is 9.78 Å². The van der Waals surface area contributed by atoms with E-state index >= 15 is 0 Å². The van der Waals surface area contributed by atoms with E-state index in [0.29, 0.717) is 16.6 Å². The van der Waals surface area contributed by atoms with E-state index in [4.69, 9.17) is 0 Å². The van der Waals surface area contributed by atoms with Gasteiger partial charge in [0.15, 0.2) is 0 Å². The fourth-order valence-electron chi connectivity index (χ4n) is 2.01. The highest BCUT2D eigenvalue weighted by atomic mass is 16.4. The first-order valence-corrected chi connectivity index (χ1v) is 5.79. The van der Waals surface area contributed by atoms with Gasteiger partial charge in [0.25, 0.3) is 0 Å². The van der Waals surface area contributed by atoms with Gasteiger partial charge in [0.05, 0.1) is 23.0 Å². The molecular formula is C15H10N2O2. The minimum Gasteiger partial charge on any atom is -0.478 e. The highest BCUT2D eigenvalue weighted by molar-refractivity contribution is 6.03. The van der Waals surface area contributed by atoms with Crippen molar-refractivity contribution < 1.29 is 9.90 Å². The summed E-state index contributed by atoms with van der Waals surface area (Å²) in [5.41, 5.74) is 2.35. The molecule has 0 saturated heterocycles. The first-order chi connectivity index (χ1) is 9.25. The molecule has 0 fully saturated rings. The van der Waals surface area contributed by atoms with Crippen LogP contribution in [0, 0.1) is 0 Å². The van der Waals surface area contributed by atoms with Gasteiger partial charge in [-0.3, -0.25) is 4.98 Å². The van der Waals surface area contributed by atoms with Crippen LogP contribution in [-0.2, 0) is 0 Å². The highest BCUT2D eigenvalue weighted by Gasteiger charge is 2.12. The van der Waals surface area contributed by atoms with Crippen molar-refractivity contribution in [2.45, 2.75) is 0 Å². The van der Waals surface area contributed by atoms with Crippen molar-refractivity contribution in [3.8, 4) is 11.3 Å². The summed E-state index contributed by atoms with van der Waals surface area (Å²) >= 11 is 0. The Balaban J connectivity index is 2.31. The summed E-state index contributed by atoms with van der Waals surface area (Å²) in [6.45, 7) is 0. The molecule has 19 heavy (non-hydrogen) atoms. The molecule has 0 amide bonds. The summed E-state index contributed by atoms with van der Waals surface area (Å²) in [6, 6.07) is 12.8. The second kappa shape index (κ2) is 4.49. The number of aromatic carboxylic acids is 1. The molecular weight excluding hydrogens is 240 g/mol. The monoisotopic (exact) mass is 250 g/mol. The number of carbonyl (C=O) groups is 1. The summed E-state index contributed by atoms with van der Waals surface area (Å²) in [7, 11) is 0. The van der Waals surface area contributed by atoms with E-state index in [9.17, 15) is 9.90 Å². The Bertz CT molecular complexity index is 754. The minimum atomic E-state index is -0.962. The average Bonchev–Trinajstić information content (AvgIpc) is 2.47. The molecule has 3 rings (SSSR count). The number of carboxylic acid groups (broad SMARTS) is 1. The molecule has 0 spiro atoms. The number of fused-ring (bicyclic) bond motifs is 1. The maximum atomic E-state index is 11.4. The summed E-state index contributed by atoms with van der Waals surface area (Å²) in [6.07, 6.45) is 3.15. The SMILES string of the molecule is O=C(O)c1cc(-c2ccccc2)nc2cnccc12. The molecule has 0 aliphatic heterocycles. The molecule has 0 bridgehead atoms. The molecule has 1 aromatic carbocycles. The Morgan fingerprint density at radius 1 is 1.11 bits per heavy atom. The molecule has 3 aromatic rings. The van der Waals surface area contributed by atoms with E-state index in [1.54, 1.807) is 24.5 Å². The second-order valence-electron chi connectivity index (χ2n) is 4.12. The van der Waals surface area contributed by atoms with Gasteiger partial charge < -0.3 is 5.11 Å². The van der Waals surface area contributed by atoms with Crippen LogP contribution in [0.25, 0.3) is 22.2 Å². The maximum absolute atomic E-state index is 11.4. The van der Waals surface area contributed by atoms with Crippen molar-refractivity contribution in [1.82, 2.24) is 9.97 Å². The van der Waals surface area contributed by atoms with E-state index in [0.717, 1.165) is 5.56 Å². The van der Waals surface area contributed by atoms with Crippen LogP contribution >= 0.6 is 0 Å². The Morgan fingerprint density at radius 3 is 2.63 bits per heavy atom. The number of pyridine rings is 2. The molecule has 0 aliphatic carbocycles. The third-order valence-electron chi connectivity index (χ3n) is 2.91. The van der Waals surface area contributed by atoms with E-state index in [-0.39, 0.29) is 5.56 Å². The van der Waals surface area contributed by atoms with Crippen LogP contribution in [0.1, 0.15) is 10.4 Å². The lowest BCUT2D eigenvalue weighted by atomic mass is 10.1. The van der Waals surface area contributed by atoms with E-state index in [2.05, 4.69) is 9.97 Å². The predicted octanol–water partition coefficient (Wildman–Crippen LogP) is 3.00. The highest BCUT2D eigenvalue weighted by Crippen LogP contribution is 2.24. The van der Waals surface area contributed by atoms with Crippen LogP contribution in [0.15, 0.2) is 54.9 Å². The normalized spacial score (nSPS) is 10.5. The number of nitrogens with zero attached hydrogens (tertiary/aromatic N) is 2. The smallest absolute Gasteiger partial charge is 0.336 e. The molecule has 0 aliphatic rings. The molecule has 4 heteroatoms. The van der Waals surface area contributed by atoms with Gasteiger partial charge in [0.2, 0.25) is 0 Å². The topological polar surface area (TPSA) is 63.1 Å². The van der Waals surface area contributed by atoms with Crippen molar-refractivity contribution in [2.75, 3.05) is 0 Å². The number of benzene rings is 1. The van der Waals surface area contributed by atoms with Crippen LogP contribution in [0.4, 0.5) is 0 Å². The fraction of sp³-hybridized carbons (Fsp3) is 0.